The van der Waals surface area contributed by atoms with Gasteiger partial charge in [0.2, 0.25) is 0 Å². The van der Waals surface area contributed by atoms with Crippen LogP contribution in [0.25, 0.3) is 10.9 Å². The number of nitrogens with one attached hydrogen (secondary N) is 1. The Labute approximate surface area is 245 Å². The van der Waals surface area contributed by atoms with Crippen molar-refractivity contribution in [2.45, 2.75) is 38.0 Å². The van der Waals surface area contributed by atoms with E-state index in [1.807, 2.05) is 12.1 Å². The minimum absolute atomic E-state index is 0.177. The van der Waals surface area contributed by atoms with E-state index >= 15 is 0 Å². The lowest BCUT2D eigenvalue weighted by Crippen LogP contribution is -2.25. The topological polar surface area (TPSA) is 94.8 Å². The predicted molar refractivity (Wildman–Crippen MR) is 161 cm³/mol. The van der Waals surface area contributed by atoms with Gasteiger partial charge in [0.25, 0.3) is 11.5 Å². The molecule has 206 valence electrons. The van der Waals surface area contributed by atoms with Gasteiger partial charge in [-0.1, -0.05) is 46.8 Å². The molecule has 0 aliphatic heterocycles. The molecule has 1 amide bonds. The Morgan fingerprint density at radius 2 is 1.88 bits per heavy atom. The number of methoxy groups -OCH3 is 1. The highest BCUT2D eigenvalue weighted by Crippen LogP contribution is 2.32. The van der Waals surface area contributed by atoms with E-state index in [9.17, 15) is 9.59 Å². The number of nitrogens with zero attached hydrogens (tertiary/aromatic N) is 3. The standard InChI is InChI=1S/C30H28BrClN4O4/c1-39-27-15-19(7-14-26(27)40-18-28(37)34-23-11-9-22(32)10-12-23)17-33-36-29(20-5-3-2-4-6-20)35-25-13-8-21(31)16-24(25)30(36)38/h7-17,20H,2-6,18H2,1H3,(H,34,37). The molecule has 0 radical (unpaired) electrons. The summed E-state index contributed by atoms with van der Waals surface area (Å²) < 4.78 is 13.4. The lowest BCUT2D eigenvalue weighted by Gasteiger charge is -2.22. The zero-order valence-corrected chi connectivity index (χ0v) is 24.2. The van der Waals surface area contributed by atoms with E-state index in [1.54, 1.807) is 54.7 Å². The van der Waals surface area contributed by atoms with Crippen LogP contribution in [0.4, 0.5) is 5.69 Å². The van der Waals surface area contributed by atoms with Crippen LogP contribution in [0.1, 0.15) is 49.4 Å². The minimum Gasteiger partial charge on any atom is -0.493 e. The zero-order valence-electron chi connectivity index (χ0n) is 21.9. The van der Waals surface area contributed by atoms with Crippen molar-refractivity contribution < 1.29 is 14.3 Å². The van der Waals surface area contributed by atoms with Crippen LogP contribution in [0.15, 0.2) is 75.0 Å². The molecule has 1 heterocycles. The molecule has 1 N–H and O–H groups in total. The predicted octanol–water partition coefficient (Wildman–Crippen LogP) is 6.77. The molecule has 0 unspecified atom stereocenters. The summed E-state index contributed by atoms with van der Waals surface area (Å²) in [6, 6.07) is 17.6. The quantitative estimate of drug-likeness (QED) is 0.219. The molecule has 0 bridgehead atoms. The molecule has 1 fully saturated rings. The summed E-state index contributed by atoms with van der Waals surface area (Å²) in [5, 5.41) is 8.44. The van der Waals surface area contributed by atoms with Crippen molar-refractivity contribution in [1.82, 2.24) is 9.66 Å². The van der Waals surface area contributed by atoms with E-state index in [0.29, 0.717) is 44.5 Å². The van der Waals surface area contributed by atoms with E-state index in [4.69, 9.17) is 26.1 Å². The largest absolute Gasteiger partial charge is 0.493 e. The van der Waals surface area contributed by atoms with E-state index < -0.39 is 0 Å². The van der Waals surface area contributed by atoms with Crippen molar-refractivity contribution in [2.24, 2.45) is 5.10 Å². The lowest BCUT2D eigenvalue weighted by atomic mass is 9.88. The lowest BCUT2D eigenvalue weighted by molar-refractivity contribution is -0.118. The van der Waals surface area contributed by atoms with Gasteiger partial charge in [0, 0.05) is 21.1 Å². The Morgan fingerprint density at radius 3 is 2.62 bits per heavy atom. The SMILES string of the molecule is COc1cc(C=Nn2c(C3CCCCC3)nc3ccc(Br)cc3c2=O)ccc1OCC(=O)Nc1ccc(Cl)cc1. The Balaban J connectivity index is 1.37. The molecular weight excluding hydrogens is 596 g/mol. The minimum atomic E-state index is -0.319. The summed E-state index contributed by atoms with van der Waals surface area (Å²) in [6.07, 6.45) is 6.99. The van der Waals surface area contributed by atoms with Crippen LogP contribution in [-0.4, -0.2) is 35.5 Å². The van der Waals surface area contributed by atoms with Gasteiger partial charge >= 0.3 is 0 Å². The van der Waals surface area contributed by atoms with Crippen molar-refractivity contribution in [3.8, 4) is 11.5 Å². The van der Waals surface area contributed by atoms with E-state index in [-0.39, 0.29) is 24.0 Å². The molecule has 0 saturated heterocycles. The number of amides is 1. The Kier molecular flexibility index (Phi) is 8.81. The number of halogens is 2. The van der Waals surface area contributed by atoms with Crippen molar-refractivity contribution in [2.75, 3.05) is 19.0 Å². The summed E-state index contributed by atoms with van der Waals surface area (Å²) in [5.41, 5.74) is 1.78. The monoisotopic (exact) mass is 622 g/mol. The van der Waals surface area contributed by atoms with Gasteiger partial charge in [0.15, 0.2) is 18.1 Å². The maximum Gasteiger partial charge on any atom is 0.282 e. The highest BCUT2D eigenvalue weighted by Gasteiger charge is 2.22. The van der Waals surface area contributed by atoms with Crippen molar-refractivity contribution in [3.63, 3.8) is 0 Å². The first kappa shape index (κ1) is 27.9. The second kappa shape index (κ2) is 12.7. The summed E-state index contributed by atoms with van der Waals surface area (Å²) >= 11 is 9.35. The molecule has 10 heteroatoms. The first-order valence-electron chi connectivity index (χ1n) is 13.0. The number of rotatable bonds is 8. The number of fused-ring (bicyclic) bond motifs is 1. The van der Waals surface area contributed by atoms with Crippen LogP contribution in [0.5, 0.6) is 11.5 Å². The van der Waals surface area contributed by atoms with Crippen LogP contribution in [-0.2, 0) is 4.79 Å². The number of anilines is 1. The summed E-state index contributed by atoms with van der Waals surface area (Å²) in [5.74, 6) is 1.39. The molecule has 3 aromatic carbocycles. The number of ether oxygens (including phenoxy) is 2. The Morgan fingerprint density at radius 1 is 1.10 bits per heavy atom. The third kappa shape index (κ3) is 6.54. The molecule has 4 aromatic rings. The van der Waals surface area contributed by atoms with Gasteiger partial charge in [-0.2, -0.15) is 9.78 Å². The Bertz CT molecular complexity index is 1620. The molecule has 8 nitrogen and oxygen atoms in total. The van der Waals surface area contributed by atoms with Gasteiger partial charge in [0.1, 0.15) is 5.82 Å². The number of carbonyl (C=O) groups excluding carboxylic acids is 1. The number of benzene rings is 3. The van der Waals surface area contributed by atoms with E-state index in [0.717, 1.165) is 30.2 Å². The maximum absolute atomic E-state index is 13.5. The fourth-order valence-electron chi connectivity index (χ4n) is 4.78. The third-order valence-electron chi connectivity index (χ3n) is 6.80. The van der Waals surface area contributed by atoms with Crippen molar-refractivity contribution >= 4 is 56.2 Å². The smallest absolute Gasteiger partial charge is 0.282 e. The van der Waals surface area contributed by atoms with Crippen LogP contribution >= 0.6 is 27.5 Å². The molecule has 1 saturated carbocycles. The Hall–Kier alpha value is -3.69. The molecule has 0 atom stereocenters. The average molecular weight is 624 g/mol. The maximum atomic E-state index is 13.5. The second-order valence-electron chi connectivity index (χ2n) is 9.58. The van der Waals surface area contributed by atoms with Gasteiger partial charge in [-0.25, -0.2) is 4.98 Å². The van der Waals surface area contributed by atoms with Gasteiger partial charge in [-0.15, -0.1) is 0 Å². The van der Waals surface area contributed by atoms with Crippen LogP contribution in [0.3, 0.4) is 0 Å². The number of carbonyl (C=O) groups is 1. The fraction of sp³-hybridized carbons (Fsp3) is 0.267. The zero-order chi connectivity index (χ0) is 28.1. The summed E-state index contributed by atoms with van der Waals surface area (Å²) in [4.78, 5) is 30.7. The molecule has 40 heavy (non-hydrogen) atoms. The second-order valence-corrected chi connectivity index (χ2v) is 10.9. The molecule has 1 aromatic heterocycles. The molecule has 1 aliphatic rings. The van der Waals surface area contributed by atoms with E-state index in [2.05, 4.69) is 26.3 Å². The number of hydrogen-bond acceptors (Lipinski definition) is 6. The van der Waals surface area contributed by atoms with Crippen molar-refractivity contribution in [1.29, 1.82) is 0 Å². The van der Waals surface area contributed by atoms with E-state index in [1.165, 1.54) is 18.2 Å². The number of aromatic nitrogens is 2. The fourth-order valence-corrected chi connectivity index (χ4v) is 5.27. The van der Waals surface area contributed by atoms with Gasteiger partial charge in [-0.05, 0) is 79.1 Å². The average Bonchev–Trinajstić information content (AvgIpc) is 2.97. The van der Waals surface area contributed by atoms with Gasteiger partial charge in [0.05, 0.1) is 24.2 Å². The third-order valence-corrected chi connectivity index (χ3v) is 7.55. The first-order valence-corrected chi connectivity index (χ1v) is 14.2. The molecular formula is C30H28BrClN4O4. The molecule has 0 spiro atoms. The highest BCUT2D eigenvalue weighted by atomic mass is 79.9. The van der Waals surface area contributed by atoms with Crippen LogP contribution in [0, 0.1) is 0 Å². The molecule has 5 rings (SSSR count). The normalized spacial score (nSPS) is 14.0. The summed E-state index contributed by atoms with van der Waals surface area (Å²) in [6.45, 7) is -0.203. The van der Waals surface area contributed by atoms with Gasteiger partial charge < -0.3 is 14.8 Å². The summed E-state index contributed by atoms with van der Waals surface area (Å²) in [7, 11) is 1.52. The first-order chi connectivity index (χ1) is 19.4. The van der Waals surface area contributed by atoms with Crippen molar-refractivity contribution in [3.05, 3.63) is 91.9 Å². The number of hydrogen-bond donors (Lipinski definition) is 1. The molecule has 1 aliphatic carbocycles. The van der Waals surface area contributed by atoms with Crippen LogP contribution < -0.4 is 20.3 Å². The van der Waals surface area contributed by atoms with Crippen LogP contribution in [0.2, 0.25) is 5.02 Å². The van der Waals surface area contributed by atoms with Gasteiger partial charge in [-0.3, -0.25) is 9.59 Å². The highest BCUT2D eigenvalue weighted by molar-refractivity contribution is 9.10.